The van der Waals surface area contributed by atoms with Crippen LogP contribution in [-0.4, -0.2) is 26.5 Å². The van der Waals surface area contributed by atoms with Crippen molar-refractivity contribution in [2.24, 2.45) is 0 Å². The van der Waals surface area contributed by atoms with Gasteiger partial charge in [0.25, 0.3) is 0 Å². The summed E-state index contributed by atoms with van der Waals surface area (Å²) in [5.41, 5.74) is 0. The van der Waals surface area contributed by atoms with Crippen LogP contribution in [0.25, 0.3) is 0 Å². The first-order chi connectivity index (χ1) is 12.1. The van der Waals surface area contributed by atoms with E-state index in [0.29, 0.717) is 0 Å². The Morgan fingerprint density at radius 3 is 2.19 bits per heavy atom. The van der Waals surface area contributed by atoms with Gasteiger partial charge < -0.3 is 9.16 Å². The standard InChI is InChI=1S/C22H40O3Si/c1-19-15-11-9-7-8-10-12-16-20(17-13-14-18-21(23)24-19)25-26(5,6)22(2,3)4/h13-14,17-20H,7-12,15-16H2,1-6H3/b17-13+,18-14-/t19-,20+/m1/s1. The number of ether oxygens (including phenoxy) is 1. The minimum absolute atomic E-state index is 0.00120. The molecule has 1 aliphatic rings. The van der Waals surface area contributed by atoms with E-state index in [-0.39, 0.29) is 23.2 Å². The highest BCUT2D eigenvalue weighted by atomic mass is 28.4. The van der Waals surface area contributed by atoms with Crippen LogP contribution in [0, 0.1) is 0 Å². The number of carbonyl (C=O) groups is 1. The summed E-state index contributed by atoms with van der Waals surface area (Å²) in [5.74, 6) is -0.254. The predicted octanol–water partition coefficient (Wildman–Crippen LogP) is 6.56. The Hall–Kier alpha value is -0.873. The molecule has 1 rings (SSSR count). The summed E-state index contributed by atoms with van der Waals surface area (Å²) in [4.78, 5) is 11.9. The molecule has 26 heavy (non-hydrogen) atoms. The molecule has 0 bridgehead atoms. The molecule has 0 aliphatic carbocycles. The van der Waals surface area contributed by atoms with E-state index >= 15 is 0 Å². The highest BCUT2D eigenvalue weighted by molar-refractivity contribution is 6.74. The molecule has 0 fully saturated rings. The molecular formula is C22H40O3Si. The summed E-state index contributed by atoms with van der Waals surface area (Å²) in [5, 5.41) is 0.200. The minimum Gasteiger partial charge on any atom is -0.460 e. The van der Waals surface area contributed by atoms with Crippen molar-refractivity contribution in [1.29, 1.82) is 0 Å². The van der Waals surface area contributed by atoms with Crippen LogP contribution in [0.15, 0.2) is 24.3 Å². The van der Waals surface area contributed by atoms with Crippen molar-refractivity contribution >= 4 is 14.3 Å². The van der Waals surface area contributed by atoms with Gasteiger partial charge in [0.05, 0.1) is 12.2 Å². The molecule has 0 aromatic carbocycles. The fourth-order valence-corrected chi connectivity index (χ4v) is 4.16. The summed E-state index contributed by atoms with van der Waals surface area (Å²) in [6.07, 6.45) is 16.9. The van der Waals surface area contributed by atoms with Crippen molar-refractivity contribution in [2.45, 2.75) is 109 Å². The molecule has 1 heterocycles. The molecular weight excluding hydrogens is 340 g/mol. The smallest absolute Gasteiger partial charge is 0.331 e. The maximum atomic E-state index is 11.9. The summed E-state index contributed by atoms with van der Waals surface area (Å²) >= 11 is 0. The Kier molecular flexibility index (Phi) is 9.87. The van der Waals surface area contributed by atoms with Crippen LogP contribution in [0.2, 0.25) is 18.1 Å². The van der Waals surface area contributed by atoms with E-state index < -0.39 is 8.32 Å². The first-order valence-electron chi connectivity index (χ1n) is 10.3. The maximum absolute atomic E-state index is 11.9. The molecule has 0 saturated carbocycles. The lowest BCUT2D eigenvalue weighted by atomic mass is 10.0. The molecule has 1 aliphatic heterocycles. The van der Waals surface area contributed by atoms with Crippen LogP contribution in [-0.2, 0) is 14.0 Å². The number of cyclic esters (lactones) is 1. The summed E-state index contributed by atoms with van der Waals surface area (Å²) in [6, 6.07) is 0. The molecule has 0 N–H and O–H groups in total. The number of esters is 1. The molecule has 150 valence electrons. The average molecular weight is 381 g/mol. The minimum atomic E-state index is -1.80. The van der Waals surface area contributed by atoms with Gasteiger partial charge in [-0.1, -0.05) is 71.1 Å². The predicted molar refractivity (Wildman–Crippen MR) is 113 cm³/mol. The van der Waals surface area contributed by atoms with Crippen LogP contribution < -0.4 is 0 Å². The van der Waals surface area contributed by atoms with Crippen LogP contribution in [0.3, 0.4) is 0 Å². The third-order valence-electron chi connectivity index (χ3n) is 5.59. The highest BCUT2D eigenvalue weighted by Gasteiger charge is 2.38. The van der Waals surface area contributed by atoms with E-state index in [1.807, 2.05) is 13.0 Å². The second-order valence-corrected chi connectivity index (χ2v) is 13.9. The summed E-state index contributed by atoms with van der Waals surface area (Å²) < 4.78 is 12.0. The molecule has 0 aromatic rings. The van der Waals surface area contributed by atoms with Gasteiger partial charge in [-0.2, -0.15) is 0 Å². The summed E-state index contributed by atoms with van der Waals surface area (Å²) in [7, 11) is -1.80. The number of hydrogen-bond donors (Lipinski definition) is 0. The van der Waals surface area contributed by atoms with Crippen molar-refractivity contribution in [3.05, 3.63) is 24.3 Å². The van der Waals surface area contributed by atoms with Gasteiger partial charge in [-0.15, -0.1) is 0 Å². The molecule has 2 atom stereocenters. The van der Waals surface area contributed by atoms with E-state index in [1.54, 1.807) is 6.08 Å². The van der Waals surface area contributed by atoms with Crippen molar-refractivity contribution in [1.82, 2.24) is 0 Å². The average Bonchev–Trinajstić information content (AvgIpc) is 2.51. The normalized spacial score (nSPS) is 27.5. The van der Waals surface area contributed by atoms with Gasteiger partial charge in [-0.05, 0) is 44.3 Å². The van der Waals surface area contributed by atoms with Gasteiger partial charge in [0.15, 0.2) is 8.32 Å². The highest BCUT2D eigenvalue weighted by Crippen LogP contribution is 2.38. The quantitative estimate of drug-likeness (QED) is 0.402. The zero-order chi connectivity index (χ0) is 19.6. The molecule has 0 aromatic heterocycles. The molecule has 0 saturated heterocycles. The van der Waals surface area contributed by atoms with E-state index in [1.165, 1.54) is 38.2 Å². The Labute approximate surface area is 162 Å². The molecule has 0 unspecified atom stereocenters. The van der Waals surface area contributed by atoms with E-state index in [0.717, 1.165) is 19.3 Å². The lowest BCUT2D eigenvalue weighted by Crippen LogP contribution is -2.43. The van der Waals surface area contributed by atoms with Gasteiger partial charge >= 0.3 is 5.97 Å². The SMILES string of the molecule is C[C@@H]1CCCCCCCC[C@H](O[Si](C)(C)C(C)(C)C)/C=C/C=C\C(=O)O1. The van der Waals surface area contributed by atoms with Gasteiger partial charge in [0.1, 0.15) is 0 Å². The Morgan fingerprint density at radius 1 is 1.00 bits per heavy atom. The van der Waals surface area contributed by atoms with Crippen LogP contribution in [0.4, 0.5) is 0 Å². The van der Waals surface area contributed by atoms with Crippen LogP contribution in [0.1, 0.15) is 79.1 Å². The Bertz CT molecular complexity index is 474. The van der Waals surface area contributed by atoms with Crippen molar-refractivity contribution in [3.63, 3.8) is 0 Å². The molecule has 0 amide bonds. The summed E-state index contributed by atoms with van der Waals surface area (Å²) in [6.45, 7) is 13.4. The van der Waals surface area contributed by atoms with Gasteiger partial charge in [-0.3, -0.25) is 0 Å². The number of hydrogen-bond acceptors (Lipinski definition) is 3. The lowest BCUT2D eigenvalue weighted by Gasteiger charge is -2.38. The monoisotopic (exact) mass is 380 g/mol. The Balaban J connectivity index is 2.77. The lowest BCUT2D eigenvalue weighted by molar-refractivity contribution is -0.142. The van der Waals surface area contributed by atoms with Crippen molar-refractivity contribution < 1.29 is 14.0 Å². The number of allylic oxidation sites excluding steroid dienone is 2. The van der Waals surface area contributed by atoms with E-state index in [2.05, 4.69) is 39.9 Å². The fourth-order valence-electron chi connectivity index (χ4n) is 2.85. The largest absolute Gasteiger partial charge is 0.460 e. The first-order valence-corrected chi connectivity index (χ1v) is 13.3. The molecule has 4 heteroatoms. The van der Waals surface area contributed by atoms with Crippen molar-refractivity contribution in [2.75, 3.05) is 0 Å². The number of carbonyl (C=O) groups excluding carboxylic acids is 1. The topological polar surface area (TPSA) is 35.5 Å². The van der Waals surface area contributed by atoms with Crippen LogP contribution in [0.5, 0.6) is 0 Å². The second kappa shape index (κ2) is 11.1. The third kappa shape index (κ3) is 9.18. The van der Waals surface area contributed by atoms with Crippen LogP contribution >= 0.6 is 0 Å². The van der Waals surface area contributed by atoms with Gasteiger partial charge in [-0.25, -0.2) is 4.79 Å². The second-order valence-electron chi connectivity index (χ2n) is 9.11. The number of rotatable bonds is 2. The molecule has 0 radical (unpaired) electrons. The maximum Gasteiger partial charge on any atom is 0.331 e. The molecule has 0 spiro atoms. The zero-order valence-electron chi connectivity index (χ0n) is 17.8. The van der Waals surface area contributed by atoms with Crippen molar-refractivity contribution in [3.8, 4) is 0 Å². The van der Waals surface area contributed by atoms with E-state index in [4.69, 9.17) is 9.16 Å². The third-order valence-corrected chi connectivity index (χ3v) is 10.1. The van der Waals surface area contributed by atoms with Gasteiger partial charge in [0, 0.05) is 6.08 Å². The molecule has 3 nitrogen and oxygen atoms in total. The van der Waals surface area contributed by atoms with Gasteiger partial charge in [0.2, 0.25) is 0 Å². The zero-order valence-corrected chi connectivity index (χ0v) is 18.8. The fraction of sp³-hybridized carbons (Fsp3) is 0.773. The Morgan fingerprint density at radius 2 is 1.58 bits per heavy atom. The van der Waals surface area contributed by atoms with E-state index in [9.17, 15) is 4.79 Å². The first kappa shape index (κ1) is 23.2.